The summed E-state index contributed by atoms with van der Waals surface area (Å²) in [5.41, 5.74) is 0.723. The fourth-order valence-electron chi connectivity index (χ4n) is 3.52. The minimum absolute atomic E-state index is 0.0301. The van der Waals surface area contributed by atoms with Gasteiger partial charge >= 0.3 is 0 Å². The van der Waals surface area contributed by atoms with Crippen LogP contribution in [0.1, 0.15) is 34.3 Å². The fourth-order valence-corrected chi connectivity index (χ4v) is 3.52. The van der Waals surface area contributed by atoms with E-state index in [0.717, 1.165) is 6.54 Å². The molecule has 3 rings (SSSR count). The van der Waals surface area contributed by atoms with Crippen molar-refractivity contribution in [2.24, 2.45) is 0 Å². The van der Waals surface area contributed by atoms with Gasteiger partial charge < -0.3 is 24.1 Å². The number of hydrogen-bond donors (Lipinski definition) is 1. The molecule has 7 nitrogen and oxygen atoms in total. The molecular formula is C22H26N2O5. The average Bonchev–Trinajstić information content (AvgIpc) is 3.24. The maximum absolute atomic E-state index is 13.2. The van der Waals surface area contributed by atoms with Gasteiger partial charge in [-0.05, 0) is 63.8 Å². The minimum Gasteiger partial charge on any atom is -0.503 e. The second-order valence-corrected chi connectivity index (χ2v) is 7.34. The molecule has 1 atom stereocenters. The lowest BCUT2D eigenvalue weighted by atomic mass is 9.95. The first-order chi connectivity index (χ1) is 13.8. The molecule has 7 heteroatoms. The predicted molar refractivity (Wildman–Crippen MR) is 108 cm³/mol. The molecular weight excluding hydrogens is 372 g/mol. The molecule has 0 aliphatic carbocycles. The van der Waals surface area contributed by atoms with Crippen LogP contribution in [0.2, 0.25) is 0 Å². The van der Waals surface area contributed by atoms with Gasteiger partial charge in [0.2, 0.25) is 5.78 Å². The van der Waals surface area contributed by atoms with E-state index in [0.29, 0.717) is 30.0 Å². The first kappa shape index (κ1) is 20.7. The maximum Gasteiger partial charge on any atom is 0.290 e. The molecule has 29 heavy (non-hydrogen) atoms. The molecule has 0 fully saturated rings. The molecule has 2 heterocycles. The molecule has 1 aromatic heterocycles. The smallest absolute Gasteiger partial charge is 0.290 e. The third kappa shape index (κ3) is 4.19. The van der Waals surface area contributed by atoms with E-state index >= 15 is 0 Å². The van der Waals surface area contributed by atoms with Crippen molar-refractivity contribution in [2.75, 3.05) is 34.3 Å². The summed E-state index contributed by atoms with van der Waals surface area (Å²) in [6, 6.07) is 9.70. The van der Waals surface area contributed by atoms with Crippen LogP contribution >= 0.6 is 0 Å². The molecule has 154 valence electrons. The number of nitrogens with zero attached hydrogens (tertiary/aromatic N) is 2. The molecule has 0 bridgehead atoms. The molecule has 1 N–H and O–H groups in total. The normalized spacial score (nSPS) is 16.8. The number of amides is 1. The number of aliphatic hydroxyl groups is 1. The Labute approximate surface area is 170 Å². The monoisotopic (exact) mass is 398 g/mol. The summed E-state index contributed by atoms with van der Waals surface area (Å²) < 4.78 is 10.8. The standard InChI is InChI=1S/C22H26N2O5/c1-14-9-10-17(29-14)20(25)18-19(15-7-5-8-16(13-15)28-4)24(22(27)21(18)26)12-6-11-23(2)3/h5,7-10,13,19,26H,6,11-12H2,1-4H3/t19-/m0/s1. The zero-order valence-corrected chi connectivity index (χ0v) is 17.1. The fraction of sp³-hybridized carbons (Fsp3) is 0.364. The van der Waals surface area contributed by atoms with Crippen molar-refractivity contribution in [2.45, 2.75) is 19.4 Å². The lowest BCUT2D eigenvalue weighted by Gasteiger charge is -2.27. The molecule has 0 unspecified atom stereocenters. The van der Waals surface area contributed by atoms with Crippen LogP contribution < -0.4 is 4.74 Å². The number of aryl methyl sites for hydroxylation is 1. The largest absolute Gasteiger partial charge is 0.503 e. The number of hydrogen-bond acceptors (Lipinski definition) is 6. The van der Waals surface area contributed by atoms with Crippen LogP contribution in [0.5, 0.6) is 5.75 Å². The summed E-state index contributed by atoms with van der Waals surface area (Å²) >= 11 is 0. The summed E-state index contributed by atoms with van der Waals surface area (Å²) in [4.78, 5) is 29.6. The maximum atomic E-state index is 13.2. The second kappa shape index (κ2) is 8.53. The van der Waals surface area contributed by atoms with E-state index in [-0.39, 0.29) is 11.3 Å². The van der Waals surface area contributed by atoms with Crippen molar-refractivity contribution in [1.29, 1.82) is 0 Å². The van der Waals surface area contributed by atoms with Crippen LogP contribution in [0.3, 0.4) is 0 Å². The van der Waals surface area contributed by atoms with E-state index in [1.165, 1.54) is 4.90 Å². The van der Waals surface area contributed by atoms with Crippen LogP contribution in [-0.4, -0.2) is 60.9 Å². The molecule has 0 saturated carbocycles. The number of ether oxygens (including phenoxy) is 1. The van der Waals surface area contributed by atoms with Crippen LogP contribution in [-0.2, 0) is 4.79 Å². The Morgan fingerprint density at radius 2 is 2.03 bits per heavy atom. The van der Waals surface area contributed by atoms with Gasteiger partial charge in [-0.1, -0.05) is 12.1 Å². The first-order valence-corrected chi connectivity index (χ1v) is 9.47. The third-order valence-corrected chi connectivity index (χ3v) is 4.93. The number of Topliss-reactive ketones (excluding diaryl/α,β-unsaturated/α-hetero) is 1. The lowest BCUT2D eigenvalue weighted by molar-refractivity contribution is -0.129. The number of rotatable bonds is 8. The van der Waals surface area contributed by atoms with Gasteiger partial charge in [0.1, 0.15) is 11.5 Å². The van der Waals surface area contributed by atoms with Crippen molar-refractivity contribution in [3.8, 4) is 5.75 Å². The van der Waals surface area contributed by atoms with Gasteiger partial charge in [-0.2, -0.15) is 0 Å². The molecule has 1 aliphatic rings. The highest BCUT2D eigenvalue weighted by Gasteiger charge is 2.44. The summed E-state index contributed by atoms with van der Waals surface area (Å²) in [6.07, 6.45) is 0.702. The van der Waals surface area contributed by atoms with E-state index < -0.39 is 23.5 Å². The van der Waals surface area contributed by atoms with Crippen molar-refractivity contribution in [3.63, 3.8) is 0 Å². The number of ketones is 1. The van der Waals surface area contributed by atoms with E-state index in [4.69, 9.17) is 9.15 Å². The molecule has 1 amide bonds. The summed E-state index contributed by atoms with van der Waals surface area (Å²) in [5.74, 6) is -0.287. The van der Waals surface area contributed by atoms with Gasteiger partial charge in [0.25, 0.3) is 5.91 Å². The third-order valence-electron chi connectivity index (χ3n) is 4.93. The van der Waals surface area contributed by atoms with Gasteiger partial charge in [-0.3, -0.25) is 9.59 Å². The molecule has 0 spiro atoms. The quantitative estimate of drug-likeness (QED) is 0.688. The predicted octanol–water partition coefficient (Wildman–Crippen LogP) is 3.13. The Hall–Kier alpha value is -3.06. The molecule has 0 saturated heterocycles. The van der Waals surface area contributed by atoms with Gasteiger partial charge in [-0.25, -0.2) is 0 Å². The van der Waals surface area contributed by atoms with Crippen molar-refractivity contribution in [1.82, 2.24) is 9.80 Å². The minimum atomic E-state index is -0.710. The highest BCUT2D eigenvalue weighted by molar-refractivity contribution is 6.15. The second-order valence-electron chi connectivity index (χ2n) is 7.34. The number of carbonyl (C=O) groups is 2. The highest BCUT2D eigenvalue weighted by Crippen LogP contribution is 2.40. The molecule has 0 radical (unpaired) electrons. The van der Waals surface area contributed by atoms with Gasteiger partial charge in [0, 0.05) is 6.54 Å². The highest BCUT2D eigenvalue weighted by atomic mass is 16.5. The summed E-state index contributed by atoms with van der Waals surface area (Å²) in [5, 5.41) is 10.6. The van der Waals surface area contributed by atoms with Crippen molar-refractivity contribution >= 4 is 11.7 Å². The van der Waals surface area contributed by atoms with Crippen molar-refractivity contribution in [3.05, 3.63) is 64.8 Å². The van der Waals surface area contributed by atoms with Crippen LogP contribution in [0.25, 0.3) is 0 Å². The van der Waals surface area contributed by atoms with Crippen LogP contribution in [0, 0.1) is 6.92 Å². The van der Waals surface area contributed by atoms with Crippen molar-refractivity contribution < 1.29 is 23.8 Å². The Balaban J connectivity index is 2.03. The number of aliphatic hydroxyl groups excluding tert-OH is 1. The molecule has 2 aromatic rings. The van der Waals surface area contributed by atoms with Gasteiger partial charge in [0.05, 0.1) is 18.7 Å². The topological polar surface area (TPSA) is 83.2 Å². The van der Waals surface area contributed by atoms with E-state index in [1.54, 1.807) is 44.4 Å². The molecule has 1 aromatic carbocycles. The number of benzene rings is 1. The van der Waals surface area contributed by atoms with E-state index in [9.17, 15) is 14.7 Å². The Kier molecular flexibility index (Phi) is 6.08. The molecule has 1 aliphatic heterocycles. The zero-order chi connectivity index (χ0) is 21.1. The summed E-state index contributed by atoms with van der Waals surface area (Å²) in [7, 11) is 5.46. The summed E-state index contributed by atoms with van der Waals surface area (Å²) in [6.45, 7) is 2.91. The van der Waals surface area contributed by atoms with E-state index in [2.05, 4.69) is 0 Å². The Morgan fingerprint density at radius 1 is 1.28 bits per heavy atom. The number of furan rings is 1. The lowest BCUT2D eigenvalue weighted by Crippen LogP contribution is -2.33. The SMILES string of the molecule is COc1cccc([C@H]2C(C(=O)c3ccc(C)o3)=C(O)C(=O)N2CCCN(C)C)c1. The van der Waals surface area contributed by atoms with Gasteiger partial charge in [0.15, 0.2) is 11.5 Å². The first-order valence-electron chi connectivity index (χ1n) is 9.47. The number of methoxy groups -OCH3 is 1. The van der Waals surface area contributed by atoms with Gasteiger partial charge in [-0.15, -0.1) is 0 Å². The van der Waals surface area contributed by atoms with E-state index in [1.807, 2.05) is 25.1 Å². The Morgan fingerprint density at radius 3 is 2.66 bits per heavy atom. The Bertz CT molecular complexity index is 944. The van der Waals surface area contributed by atoms with Crippen LogP contribution in [0.4, 0.5) is 0 Å². The zero-order valence-electron chi connectivity index (χ0n) is 17.1. The number of carbonyl (C=O) groups excluding carboxylic acids is 2. The van der Waals surface area contributed by atoms with Crippen LogP contribution in [0.15, 0.2) is 52.1 Å². The average molecular weight is 398 g/mol.